The fraction of sp³-hybridized carbons (Fsp3) is 0.429. The summed E-state index contributed by atoms with van der Waals surface area (Å²) in [6.07, 6.45) is 2.52. The van der Waals surface area contributed by atoms with E-state index in [0.29, 0.717) is 22.5 Å². The van der Waals surface area contributed by atoms with Gasteiger partial charge in [0.05, 0.1) is 10.6 Å². The van der Waals surface area contributed by atoms with Gasteiger partial charge in [0.15, 0.2) is 11.9 Å². The maximum atomic E-state index is 6.17. The van der Waals surface area contributed by atoms with E-state index in [0.717, 1.165) is 19.3 Å². The van der Waals surface area contributed by atoms with Crippen LogP contribution in [0.1, 0.15) is 44.0 Å². The Hall–Kier alpha value is -1.59. The van der Waals surface area contributed by atoms with E-state index in [2.05, 4.69) is 10.1 Å². The van der Waals surface area contributed by atoms with Crippen molar-refractivity contribution in [3.8, 4) is 5.75 Å². The van der Waals surface area contributed by atoms with Crippen LogP contribution in [0.4, 0.5) is 0 Å². The van der Waals surface area contributed by atoms with Crippen molar-refractivity contribution >= 4 is 11.6 Å². The first kappa shape index (κ1) is 13.4. The average Bonchev–Trinajstić information content (AvgIpc) is 2.88. The molecule has 1 aromatic carbocycles. The summed E-state index contributed by atoms with van der Waals surface area (Å²) < 4.78 is 11.0. The van der Waals surface area contributed by atoms with Gasteiger partial charge in [0, 0.05) is 0 Å². The minimum Gasteiger partial charge on any atom is -0.479 e. The Morgan fingerprint density at radius 2 is 2.15 bits per heavy atom. The molecule has 2 N–H and O–H groups in total. The Bertz CT molecular complexity index is 610. The average molecular weight is 294 g/mol. The number of aromatic nitrogens is 2. The van der Waals surface area contributed by atoms with Gasteiger partial charge in [-0.05, 0) is 38.3 Å². The lowest BCUT2D eigenvalue weighted by Gasteiger charge is -2.34. The van der Waals surface area contributed by atoms with E-state index in [1.165, 1.54) is 0 Å². The normalized spacial score (nSPS) is 18.4. The molecular weight excluding hydrogens is 278 g/mol. The van der Waals surface area contributed by atoms with Crippen molar-refractivity contribution in [2.45, 2.75) is 37.8 Å². The van der Waals surface area contributed by atoms with Crippen LogP contribution in [0.2, 0.25) is 5.02 Å². The van der Waals surface area contributed by atoms with Crippen LogP contribution in [0.5, 0.6) is 5.75 Å². The molecule has 3 rings (SSSR count). The highest BCUT2D eigenvalue weighted by molar-refractivity contribution is 6.32. The molecule has 1 aliphatic rings. The lowest BCUT2D eigenvalue weighted by molar-refractivity contribution is 0.174. The molecule has 1 fully saturated rings. The molecule has 5 nitrogen and oxygen atoms in total. The molecule has 0 bridgehead atoms. The summed E-state index contributed by atoms with van der Waals surface area (Å²) in [6, 6.07) is 7.27. The van der Waals surface area contributed by atoms with Crippen molar-refractivity contribution in [1.29, 1.82) is 0 Å². The van der Waals surface area contributed by atoms with E-state index in [1.54, 1.807) is 12.1 Å². The van der Waals surface area contributed by atoms with Gasteiger partial charge in [0.25, 0.3) is 5.89 Å². The Kier molecular flexibility index (Phi) is 3.40. The van der Waals surface area contributed by atoms with E-state index in [4.69, 9.17) is 26.6 Å². The van der Waals surface area contributed by atoms with Gasteiger partial charge in [-0.1, -0.05) is 28.9 Å². The molecule has 0 saturated heterocycles. The SMILES string of the molecule is CC(Oc1ccccc1Cl)c1nc(C2(N)CCC2)no1. The highest BCUT2D eigenvalue weighted by atomic mass is 35.5. The molecule has 1 unspecified atom stereocenters. The fourth-order valence-corrected chi connectivity index (χ4v) is 2.35. The van der Waals surface area contributed by atoms with E-state index in [-0.39, 0.29) is 6.10 Å². The maximum Gasteiger partial charge on any atom is 0.267 e. The molecule has 2 aromatic rings. The minimum atomic E-state index is -0.425. The van der Waals surface area contributed by atoms with E-state index in [9.17, 15) is 0 Å². The number of hydrogen-bond acceptors (Lipinski definition) is 5. The Morgan fingerprint density at radius 3 is 2.80 bits per heavy atom. The molecular formula is C14H16ClN3O2. The number of nitrogens with two attached hydrogens (primary N) is 1. The third-order valence-electron chi connectivity index (χ3n) is 3.62. The van der Waals surface area contributed by atoms with Gasteiger partial charge in [0.1, 0.15) is 5.75 Å². The van der Waals surface area contributed by atoms with Crippen LogP contribution in [0.15, 0.2) is 28.8 Å². The number of para-hydroxylation sites is 1. The zero-order valence-corrected chi connectivity index (χ0v) is 11.9. The van der Waals surface area contributed by atoms with Gasteiger partial charge in [-0.25, -0.2) is 0 Å². The molecule has 1 aliphatic carbocycles. The molecule has 1 atom stereocenters. The van der Waals surface area contributed by atoms with Crippen LogP contribution in [-0.4, -0.2) is 10.1 Å². The van der Waals surface area contributed by atoms with Crippen LogP contribution in [0.25, 0.3) is 0 Å². The van der Waals surface area contributed by atoms with E-state index >= 15 is 0 Å². The number of hydrogen-bond donors (Lipinski definition) is 1. The molecule has 0 amide bonds. The molecule has 20 heavy (non-hydrogen) atoms. The fourth-order valence-electron chi connectivity index (χ4n) is 2.17. The van der Waals surface area contributed by atoms with Gasteiger partial charge < -0.3 is 15.0 Å². The van der Waals surface area contributed by atoms with E-state index in [1.807, 2.05) is 19.1 Å². The van der Waals surface area contributed by atoms with Crippen LogP contribution >= 0.6 is 11.6 Å². The summed E-state index contributed by atoms with van der Waals surface area (Å²) in [4.78, 5) is 4.36. The highest BCUT2D eigenvalue weighted by Crippen LogP contribution is 2.37. The Balaban J connectivity index is 1.75. The monoisotopic (exact) mass is 293 g/mol. The second-order valence-corrected chi connectivity index (χ2v) is 5.56. The molecule has 0 spiro atoms. The zero-order chi connectivity index (χ0) is 14.2. The zero-order valence-electron chi connectivity index (χ0n) is 11.2. The predicted molar refractivity (Wildman–Crippen MR) is 74.5 cm³/mol. The predicted octanol–water partition coefficient (Wildman–Crippen LogP) is 3.20. The summed E-state index contributed by atoms with van der Waals surface area (Å²) in [5.41, 5.74) is 5.74. The third-order valence-corrected chi connectivity index (χ3v) is 3.93. The van der Waals surface area contributed by atoms with Crippen molar-refractivity contribution in [1.82, 2.24) is 10.1 Å². The van der Waals surface area contributed by atoms with Crippen molar-refractivity contribution in [3.63, 3.8) is 0 Å². The summed E-state index contributed by atoms with van der Waals surface area (Å²) >= 11 is 6.05. The van der Waals surface area contributed by atoms with Gasteiger partial charge in [0.2, 0.25) is 0 Å². The lowest BCUT2D eigenvalue weighted by Crippen LogP contribution is -2.44. The first-order chi connectivity index (χ1) is 9.58. The lowest BCUT2D eigenvalue weighted by atomic mass is 9.77. The van der Waals surface area contributed by atoms with Crippen molar-refractivity contribution in [2.75, 3.05) is 0 Å². The first-order valence-corrected chi connectivity index (χ1v) is 7.00. The number of benzene rings is 1. The first-order valence-electron chi connectivity index (χ1n) is 6.63. The summed E-state index contributed by atoms with van der Waals surface area (Å²) in [6.45, 7) is 1.84. The number of halogens is 1. The minimum absolute atomic E-state index is 0.375. The summed E-state index contributed by atoms with van der Waals surface area (Å²) in [7, 11) is 0. The molecule has 1 heterocycles. The number of rotatable bonds is 4. The van der Waals surface area contributed by atoms with Gasteiger partial charge in [-0.2, -0.15) is 4.98 Å². The smallest absolute Gasteiger partial charge is 0.267 e. The second-order valence-electron chi connectivity index (χ2n) is 5.16. The topological polar surface area (TPSA) is 74.2 Å². The molecule has 106 valence electrons. The third kappa shape index (κ3) is 2.39. The van der Waals surface area contributed by atoms with Crippen molar-refractivity contribution in [2.24, 2.45) is 5.73 Å². The quantitative estimate of drug-likeness (QED) is 0.937. The van der Waals surface area contributed by atoms with Crippen molar-refractivity contribution < 1.29 is 9.26 Å². The molecule has 1 aromatic heterocycles. The highest BCUT2D eigenvalue weighted by Gasteiger charge is 2.39. The summed E-state index contributed by atoms with van der Waals surface area (Å²) in [5.74, 6) is 1.57. The van der Waals surface area contributed by atoms with Crippen LogP contribution in [0.3, 0.4) is 0 Å². The molecule has 0 aliphatic heterocycles. The van der Waals surface area contributed by atoms with E-state index < -0.39 is 5.54 Å². The number of nitrogens with zero attached hydrogens (tertiary/aromatic N) is 2. The van der Waals surface area contributed by atoms with Crippen LogP contribution in [0, 0.1) is 0 Å². The van der Waals surface area contributed by atoms with Crippen molar-refractivity contribution in [3.05, 3.63) is 41.0 Å². The summed E-state index contributed by atoms with van der Waals surface area (Å²) in [5, 5.41) is 4.52. The number of ether oxygens (including phenoxy) is 1. The van der Waals surface area contributed by atoms with Gasteiger partial charge in [-0.3, -0.25) is 0 Å². The second kappa shape index (κ2) is 5.07. The molecule has 1 saturated carbocycles. The molecule has 6 heteroatoms. The Labute approximate surface area is 122 Å². The van der Waals surface area contributed by atoms with Crippen LogP contribution < -0.4 is 10.5 Å². The Morgan fingerprint density at radius 1 is 1.40 bits per heavy atom. The van der Waals surface area contributed by atoms with Gasteiger partial charge >= 0.3 is 0 Å². The molecule has 0 radical (unpaired) electrons. The van der Waals surface area contributed by atoms with Gasteiger partial charge in [-0.15, -0.1) is 0 Å². The van der Waals surface area contributed by atoms with Crippen LogP contribution in [-0.2, 0) is 5.54 Å². The maximum absolute atomic E-state index is 6.17. The standard InChI is InChI=1S/C14H16ClN3O2/c1-9(19-11-6-3-2-5-10(11)15)12-17-13(18-20-12)14(16)7-4-8-14/h2-3,5-6,9H,4,7-8,16H2,1H3. The largest absolute Gasteiger partial charge is 0.479 e.